The Morgan fingerprint density at radius 2 is 2.19 bits per heavy atom. The normalized spacial score (nSPS) is 10.4. The number of aliphatic hydroxyl groups excluding tert-OH is 1. The molecular formula is C14H20N4O3. The molecule has 0 unspecified atom stereocenters. The molecule has 0 atom stereocenters. The van der Waals surface area contributed by atoms with Crippen molar-refractivity contribution in [3.63, 3.8) is 0 Å². The van der Waals surface area contributed by atoms with Crippen LogP contribution in [0.1, 0.15) is 12.6 Å². The summed E-state index contributed by atoms with van der Waals surface area (Å²) in [5.74, 6) is 1.41. The molecule has 2 rings (SSSR count). The van der Waals surface area contributed by atoms with Crippen molar-refractivity contribution in [3.8, 4) is 11.5 Å². The van der Waals surface area contributed by atoms with E-state index in [0.717, 1.165) is 17.1 Å². The molecule has 114 valence electrons. The Morgan fingerprint density at radius 1 is 1.33 bits per heavy atom. The summed E-state index contributed by atoms with van der Waals surface area (Å²) >= 11 is 0. The summed E-state index contributed by atoms with van der Waals surface area (Å²) in [5, 5.41) is 20.0. The first-order valence-electron chi connectivity index (χ1n) is 6.81. The van der Waals surface area contributed by atoms with Gasteiger partial charge in [-0.2, -0.15) is 0 Å². The molecule has 0 aliphatic rings. The van der Waals surface area contributed by atoms with E-state index in [0.29, 0.717) is 25.4 Å². The molecule has 2 N–H and O–H groups in total. The Morgan fingerprint density at radius 3 is 2.90 bits per heavy atom. The van der Waals surface area contributed by atoms with E-state index in [-0.39, 0.29) is 6.61 Å². The molecule has 0 bridgehead atoms. The smallest absolute Gasteiger partial charge is 0.162 e. The van der Waals surface area contributed by atoms with Crippen molar-refractivity contribution < 1.29 is 14.6 Å². The van der Waals surface area contributed by atoms with Crippen LogP contribution in [-0.2, 0) is 13.1 Å². The highest BCUT2D eigenvalue weighted by atomic mass is 16.5. The second-order valence-corrected chi connectivity index (χ2v) is 4.35. The molecule has 0 fully saturated rings. The Labute approximate surface area is 123 Å². The first-order chi connectivity index (χ1) is 10.3. The number of nitrogens with zero attached hydrogens (tertiary/aromatic N) is 3. The first kappa shape index (κ1) is 15.1. The molecule has 0 aliphatic heterocycles. The van der Waals surface area contributed by atoms with Crippen LogP contribution < -0.4 is 14.8 Å². The van der Waals surface area contributed by atoms with Crippen molar-refractivity contribution in [2.75, 3.05) is 25.6 Å². The number of hydrogen-bond donors (Lipinski definition) is 2. The van der Waals surface area contributed by atoms with Gasteiger partial charge in [0, 0.05) is 11.8 Å². The first-order valence-corrected chi connectivity index (χ1v) is 6.81. The number of hydrogen-bond acceptors (Lipinski definition) is 6. The molecule has 0 spiro atoms. The lowest BCUT2D eigenvalue weighted by molar-refractivity contribution is 0.268. The van der Waals surface area contributed by atoms with Gasteiger partial charge in [0.15, 0.2) is 11.5 Å². The standard InChI is InChI=1S/C14H20N4O3/c1-3-21-13-5-4-11(8-14(13)20-2)15-9-12-10-18(6-7-19)17-16-12/h4-5,8,10,15,19H,3,6-7,9H2,1-2H3. The van der Waals surface area contributed by atoms with E-state index in [9.17, 15) is 0 Å². The lowest BCUT2D eigenvalue weighted by atomic mass is 10.2. The minimum atomic E-state index is 0.0479. The number of ether oxygens (including phenoxy) is 2. The third-order valence-corrected chi connectivity index (χ3v) is 2.85. The fourth-order valence-electron chi connectivity index (χ4n) is 1.88. The highest BCUT2D eigenvalue weighted by molar-refractivity contribution is 5.54. The van der Waals surface area contributed by atoms with Crippen LogP contribution in [0.4, 0.5) is 5.69 Å². The summed E-state index contributed by atoms with van der Waals surface area (Å²) in [6.45, 7) is 3.57. The third-order valence-electron chi connectivity index (χ3n) is 2.85. The monoisotopic (exact) mass is 292 g/mol. The van der Waals surface area contributed by atoms with Crippen molar-refractivity contribution in [1.29, 1.82) is 0 Å². The minimum absolute atomic E-state index is 0.0479. The fraction of sp³-hybridized carbons (Fsp3) is 0.429. The van der Waals surface area contributed by atoms with Gasteiger partial charge >= 0.3 is 0 Å². The minimum Gasteiger partial charge on any atom is -0.493 e. The molecule has 1 aromatic heterocycles. The van der Waals surface area contributed by atoms with Gasteiger partial charge < -0.3 is 19.9 Å². The second-order valence-electron chi connectivity index (χ2n) is 4.35. The van der Waals surface area contributed by atoms with Crippen molar-refractivity contribution in [2.45, 2.75) is 20.0 Å². The van der Waals surface area contributed by atoms with Gasteiger partial charge in [-0.1, -0.05) is 5.21 Å². The maximum absolute atomic E-state index is 8.83. The van der Waals surface area contributed by atoms with Crippen LogP contribution in [0.25, 0.3) is 0 Å². The Hall–Kier alpha value is -2.28. The molecule has 0 aliphatic carbocycles. The van der Waals surface area contributed by atoms with Crippen molar-refractivity contribution in [2.24, 2.45) is 0 Å². The number of anilines is 1. The number of rotatable bonds is 8. The van der Waals surface area contributed by atoms with Gasteiger partial charge in [0.2, 0.25) is 0 Å². The van der Waals surface area contributed by atoms with Crippen LogP contribution in [0.5, 0.6) is 11.5 Å². The average molecular weight is 292 g/mol. The molecule has 0 amide bonds. The number of benzene rings is 1. The predicted octanol–water partition coefficient (Wildman–Crippen LogP) is 1.29. The van der Waals surface area contributed by atoms with E-state index >= 15 is 0 Å². The van der Waals surface area contributed by atoms with Crippen LogP contribution in [0.2, 0.25) is 0 Å². The summed E-state index contributed by atoms with van der Waals surface area (Å²) in [5.41, 5.74) is 1.71. The lowest BCUT2D eigenvalue weighted by Crippen LogP contribution is -2.02. The predicted molar refractivity (Wildman–Crippen MR) is 78.6 cm³/mol. The van der Waals surface area contributed by atoms with Crippen molar-refractivity contribution >= 4 is 5.69 Å². The van der Waals surface area contributed by atoms with Gasteiger partial charge in [0.05, 0.1) is 39.6 Å². The van der Waals surface area contributed by atoms with Gasteiger partial charge in [0.1, 0.15) is 5.69 Å². The molecule has 7 nitrogen and oxygen atoms in total. The highest BCUT2D eigenvalue weighted by Crippen LogP contribution is 2.30. The quantitative estimate of drug-likeness (QED) is 0.763. The lowest BCUT2D eigenvalue weighted by Gasteiger charge is -2.11. The fourth-order valence-corrected chi connectivity index (χ4v) is 1.88. The van der Waals surface area contributed by atoms with E-state index in [1.165, 1.54) is 0 Å². The molecule has 0 radical (unpaired) electrons. The third kappa shape index (κ3) is 4.09. The van der Waals surface area contributed by atoms with Gasteiger partial charge in [0.25, 0.3) is 0 Å². The maximum atomic E-state index is 8.83. The zero-order valence-corrected chi connectivity index (χ0v) is 12.2. The molecule has 2 aromatic rings. The molecule has 1 aromatic carbocycles. The summed E-state index contributed by atoms with van der Waals surface area (Å²) in [4.78, 5) is 0. The largest absolute Gasteiger partial charge is 0.493 e. The van der Waals surface area contributed by atoms with Crippen LogP contribution in [0.3, 0.4) is 0 Å². The number of aromatic nitrogens is 3. The summed E-state index contributed by atoms with van der Waals surface area (Å²) in [6.07, 6.45) is 1.80. The Bertz CT molecular complexity index is 571. The van der Waals surface area contributed by atoms with E-state index in [4.69, 9.17) is 14.6 Å². The van der Waals surface area contributed by atoms with Crippen LogP contribution in [-0.4, -0.2) is 40.4 Å². The van der Waals surface area contributed by atoms with Gasteiger partial charge in [-0.15, -0.1) is 5.10 Å². The zero-order chi connectivity index (χ0) is 15.1. The SMILES string of the molecule is CCOc1ccc(NCc2cn(CCO)nn2)cc1OC. The molecule has 0 saturated carbocycles. The second kappa shape index (κ2) is 7.49. The molecule has 0 saturated heterocycles. The van der Waals surface area contributed by atoms with Crippen LogP contribution in [0.15, 0.2) is 24.4 Å². The number of methoxy groups -OCH3 is 1. The number of nitrogens with one attached hydrogen (secondary N) is 1. The maximum Gasteiger partial charge on any atom is 0.162 e. The Kier molecular flexibility index (Phi) is 5.39. The van der Waals surface area contributed by atoms with Gasteiger partial charge in [-0.05, 0) is 19.1 Å². The summed E-state index contributed by atoms with van der Waals surface area (Å²) < 4.78 is 12.4. The average Bonchev–Trinajstić information content (AvgIpc) is 2.94. The van der Waals surface area contributed by atoms with E-state index in [1.54, 1.807) is 18.0 Å². The molecule has 21 heavy (non-hydrogen) atoms. The highest BCUT2D eigenvalue weighted by Gasteiger charge is 2.06. The van der Waals surface area contributed by atoms with Gasteiger partial charge in [-0.3, -0.25) is 0 Å². The summed E-state index contributed by atoms with van der Waals surface area (Å²) in [7, 11) is 1.61. The molecular weight excluding hydrogens is 272 g/mol. The van der Waals surface area contributed by atoms with Crippen LogP contribution >= 0.6 is 0 Å². The van der Waals surface area contributed by atoms with Gasteiger partial charge in [-0.25, -0.2) is 4.68 Å². The van der Waals surface area contributed by atoms with Crippen molar-refractivity contribution in [3.05, 3.63) is 30.1 Å². The number of aliphatic hydroxyl groups is 1. The molecule has 1 heterocycles. The Balaban J connectivity index is 1.98. The topological polar surface area (TPSA) is 81.4 Å². The summed E-state index contributed by atoms with van der Waals surface area (Å²) in [6, 6.07) is 5.67. The molecule has 7 heteroatoms. The zero-order valence-electron chi connectivity index (χ0n) is 12.2. The van der Waals surface area contributed by atoms with Crippen LogP contribution in [0, 0.1) is 0 Å². The van der Waals surface area contributed by atoms with E-state index in [2.05, 4.69) is 15.6 Å². The van der Waals surface area contributed by atoms with E-state index in [1.807, 2.05) is 25.1 Å². The van der Waals surface area contributed by atoms with E-state index < -0.39 is 0 Å². The van der Waals surface area contributed by atoms with Crippen molar-refractivity contribution in [1.82, 2.24) is 15.0 Å².